The summed E-state index contributed by atoms with van der Waals surface area (Å²) in [6, 6.07) is 10.0. The summed E-state index contributed by atoms with van der Waals surface area (Å²) in [5, 5.41) is 4.72. The number of rotatable bonds is 4. The minimum Gasteiger partial charge on any atom is -0.378 e. The van der Waals surface area contributed by atoms with Crippen LogP contribution in [-0.4, -0.2) is 64.6 Å². The molecule has 5 rings (SSSR count). The second kappa shape index (κ2) is 8.03. The Labute approximate surface area is 180 Å². The molecule has 0 aliphatic carbocycles. The number of aryl methyl sites for hydroxylation is 1. The number of piperidine rings is 1. The van der Waals surface area contributed by atoms with Gasteiger partial charge in [0.2, 0.25) is 0 Å². The number of likely N-dealkylation sites (tertiary alicyclic amines) is 1. The predicted octanol–water partition coefficient (Wildman–Crippen LogP) is 2.83. The number of hydrogen-bond donors (Lipinski definition) is 0. The number of methoxy groups -OCH3 is 1. The van der Waals surface area contributed by atoms with Gasteiger partial charge in [-0.1, -0.05) is 30.3 Å². The van der Waals surface area contributed by atoms with E-state index in [0.29, 0.717) is 50.4 Å². The molecule has 2 aliphatic rings. The number of amides is 1. The van der Waals surface area contributed by atoms with E-state index in [1.165, 1.54) is 0 Å². The van der Waals surface area contributed by atoms with E-state index in [4.69, 9.17) is 19.3 Å². The molecule has 0 atom stereocenters. The van der Waals surface area contributed by atoms with Gasteiger partial charge >= 0.3 is 0 Å². The van der Waals surface area contributed by atoms with Crippen LogP contribution < -0.4 is 0 Å². The quantitative estimate of drug-likeness (QED) is 0.643. The Morgan fingerprint density at radius 3 is 2.55 bits per heavy atom. The number of ether oxygens (including phenoxy) is 3. The average molecular weight is 422 g/mol. The normalized spacial score (nSPS) is 18.2. The molecule has 0 bridgehead atoms. The molecule has 4 heterocycles. The lowest BCUT2D eigenvalue weighted by atomic mass is 10.0. The fourth-order valence-electron chi connectivity index (χ4n) is 4.54. The summed E-state index contributed by atoms with van der Waals surface area (Å²) in [5.41, 5.74) is 4.81. The summed E-state index contributed by atoms with van der Waals surface area (Å²) >= 11 is 0. The summed E-state index contributed by atoms with van der Waals surface area (Å²) in [4.78, 5) is 19.9. The number of benzene rings is 1. The SMILES string of the molecule is COCc1c(C(=O)N2CCC3(CC2)OCCO3)cnc2c(-c3ccccc3)c(C)nn12. The Kier molecular flexibility index (Phi) is 5.21. The van der Waals surface area contributed by atoms with E-state index >= 15 is 0 Å². The molecule has 2 aromatic heterocycles. The molecule has 8 heteroatoms. The Morgan fingerprint density at radius 1 is 1.16 bits per heavy atom. The molecule has 2 fully saturated rings. The fourth-order valence-corrected chi connectivity index (χ4v) is 4.54. The summed E-state index contributed by atoms with van der Waals surface area (Å²) in [6.07, 6.45) is 3.01. The van der Waals surface area contributed by atoms with Crippen LogP contribution in [0.5, 0.6) is 0 Å². The van der Waals surface area contributed by atoms with Gasteiger partial charge in [0.1, 0.15) is 0 Å². The zero-order valence-electron chi connectivity index (χ0n) is 17.8. The van der Waals surface area contributed by atoms with Crippen molar-refractivity contribution in [3.8, 4) is 11.1 Å². The van der Waals surface area contributed by atoms with Crippen LogP contribution in [0.3, 0.4) is 0 Å². The van der Waals surface area contributed by atoms with Crippen molar-refractivity contribution >= 4 is 11.6 Å². The van der Waals surface area contributed by atoms with Crippen LogP contribution in [0.1, 0.15) is 34.6 Å². The molecule has 2 aliphatic heterocycles. The summed E-state index contributed by atoms with van der Waals surface area (Å²) in [7, 11) is 1.62. The summed E-state index contributed by atoms with van der Waals surface area (Å²) < 4.78 is 18.8. The monoisotopic (exact) mass is 422 g/mol. The van der Waals surface area contributed by atoms with Crippen molar-refractivity contribution in [1.29, 1.82) is 0 Å². The molecule has 1 amide bonds. The number of hydrogen-bond acceptors (Lipinski definition) is 6. The van der Waals surface area contributed by atoms with Gasteiger partial charge in [0, 0.05) is 44.8 Å². The summed E-state index contributed by atoms with van der Waals surface area (Å²) in [6.45, 7) is 4.62. The Bertz CT molecular complexity index is 1100. The van der Waals surface area contributed by atoms with Crippen molar-refractivity contribution in [1.82, 2.24) is 19.5 Å². The Balaban J connectivity index is 1.50. The largest absolute Gasteiger partial charge is 0.378 e. The van der Waals surface area contributed by atoms with Crippen molar-refractivity contribution < 1.29 is 19.0 Å². The molecule has 2 saturated heterocycles. The maximum Gasteiger partial charge on any atom is 0.257 e. The van der Waals surface area contributed by atoms with Gasteiger partial charge in [-0.05, 0) is 12.5 Å². The molecule has 162 valence electrons. The first-order valence-corrected chi connectivity index (χ1v) is 10.6. The highest BCUT2D eigenvalue weighted by molar-refractivity contribution is 5.95. The smallest absolute Gasteiger partial charge is 0.257 e. The van der Waals surface area contributed by atoms with Crippen LogP contribution >= 0.6 is 0 Å². The zero-order chi connectivity index (χ0) is 21.4. The molecule has 0 saturated carbocycles. The first kappa shape index (κ1) is 20.1. The standard InChI is InChI=1S/C23H26N4O4/c1-16-20(17-6-4-3-5-7-17)21-24-14-18(19(15-29-2)27(21)25-16)22(28)26-10-8-23(9-11-26)30-12-13-31-23/h3-7,14H,8-13,15H2,1-2H3. The highest BCUT2D eigenvalue weighted by Gasteiger charge is 2.41. The van der Waals surface area contributed by atoms with Gasteiger partial charge in [-0.15, -0.1) is 0 Å². The zero-order valence-corrected chi connectivity index (χ0v) is 17.8. The van der Waals surface area contributed by atoms with Gasteiger partial charge < -0.3 is 19.1 Å². The fraction of sp³-hybridized carbons (Fsp3) is 0.435. The highest BCUT2D eigenvalue weighted by atomic mass is 16.7. The van der Waals surface area contributed by atoms with Crippen molar-refractivity contribution in [2.24, 2.45) is 0 Å². The molecule has 0 unspecified atom stereocenters. The van der Waals surface area contributed by atoms with Gasteiger partial charge in [-0.3, -0.25) is 4.79 Å². The molecular weight excluding hydrogens is 396 g/mol. The number of nitrogens with zero attached hydrogens (tertiary/aromatic N) is 4. The topological polar surface area (TPSA) is 78.2 Å². The van der Waals surface area contributed by atoms with E-state index in [9.17, 15) is 4.79 Å². The third-order valence-electron chi connectivity index (χ3n) is 6.12. The maximum absolute atomic E-state index is 13.4. The van der Waals surface area contributed by atoms with Crippen LogP contribution in [-0.2, 0) is 20.8 Å². The maximum atomic E-state index is 13.4. The van der Waals surface area contributed by atoms with E-state index in [-0.39, 0.29) is 12.5 Å². The van der Waals surface area contributed by atoms with Crippen LogP contribution in [0.4, 0.5) is 0 Å². The third-order valence-corrected chi connectivity index (χ3v) is 6.12. The van der Waals surface area contributed by atoms with Crippen molar-refractivity contribution in [3.05, 3.63) is 53.5 Å². The van der Waals surface area contributed by atoms with E-state index in [1.54, 1.807) is 17.8 Å². The van der Waals surface area contributed by atoms with Crippen LogP contribution in [0, 0.1) is 6.92 Å². The molecule has 31 heavy (non-hydrogen) atoms. The minimum atomic E-state index is -0.516. The van der Waals surface area contributed by atoms with Crippen LogP contribution in [0.15, 0.2) is 36.5 Å². The number of carbonyl (C=O) groups excluding carboxylic acids is 1. The number of aromatic nitrogens is 3. The molecule has 8 nitrogen and oxygen atoms in total. The Morgan fingerprint density at radius 2 is 1.87 bits per heavy atom. The second-order valence-corrected chi connectivity index (χ2v) is 8.01. The van der Waals surface area contributed by atoms with Crippen LogP contribution in [0.2, 0.25) is 0 Å². The van der Waals surface area contributed by atoms with E-state index < -0.39 is 5.79 Å². The third kappa shape index (κ3) is 3.50. The summed E-state index contributed by atoms with van der Waals surface area (Å²) in [5.74, 6) is -0.582. The number of fused-ring (bicyclic) bond motifs is 1. The molecule has 0 radical (unpaired) electrons. The van der Waals surface area contributed by atoms with Crippen molar-refractivity contribution in [2.45, 2.75) is 32.2 Å². The van der Waals surface area contributed by atoms with Gasteiger partial charge in [0.05, 0.1) is 36.8 Å². The van der Waals surface area contributed by atoms with Gasteiger partial charge in [-0.25, -0.2) is 9.50 Å². The first-order valence-electron chi connectivity index (χ1n) is 10.6. The van der Waals surface area contributed by atoms with E-state index in [2.05, 4.69) is 4.98 Å². The van der Waals surface area contributed by atoms with Gasteiger partial charge in [-0.2, -0.15) is 5.10 Å². The lowest BCUT2D eigenvalue weighted by molar-refractivity contribution is -0.181. The Hall–Kier alpha value is -2.81. The average Bonchev–Trinajstić information content (AvgIpc) is 3.38. The van der Waals surface area contributed by atoms with E-state index in [0.717, 1.165) is 22.5 Å². The molecule has 3 aromatic rings. The van der Waals surface area contributed by atoms with Crippen molar-refractivity contribution in [2.75, 3.05) is 33.4 Å². The van der Waals surface area contributed by atoms with Crippen LogP contribution in [0.25, 0.3) is 16.8 Å². The highest BCUT2D eigenvalue weighted by Crippen LogP contribution is 2.33. The molecular formula is C23H26N4O4. The molecule has 0 N–H and O–H groups in total. The van der Waals surface area contributed by atoms with E-state index in [1.807, 2.05) is 42.2 Å². The lowest BCUT2D eigenvalue weighted by Gasteiger charge is -2.37. The predicted molar refractivity (Wildman–Crippen MR) is 114 cm³/mol. The van der Waals surface area contributed by atoms with Gasteiger partial charge in [0.25, 0.3) is 5.91 Å². The molecule has 1 spiro atoms. The second-order valence-electron chi connectivity index (χ2n) is 8.01. The van der Waals surface area contributed by atoms with Crippen molar-refractivity contribution in [3.63, 3.8) is 0 Å². The van der Waals surface area contributed by atoms with Gasteiger partial charge in [0.15, 0.2) is 11.4 Å². The lowest BCUT2D eigenvalue weighted by Crippen LogP contribution is -2.47. The minimum absolute atomic E-state index is 0.0660. The molecule has 1 aromatic carbocycles. The number of carbonyl (C=O) groups is 1. The first-order chi connectivity index (χ1) is 15.1.